The number of hydrogen-bond acceptors (Lipinski definition) is 6. The summed E-state index contributed by atoms with van der Waals surface area (Å²) in [5, 5.41) is 9.55. The van der Waals surface area contributed by atoms with Crippen molar-refractivity contribution in [2.24, 2.45) is 0 Å². The molecule has 0 saturated heterocycles. The second kappa shape index (κ2) is 6.46. The van der Waals surface area contributed by atoms with Gasteiger partial charge in [-0.1, -0.05) is 43.3 Å². The predicted molar refractivity (Wildman–Crippen MR) is 102 cm³/mol. The van der Waals surface area contributed by atoms with Crippen molar-refractivity contribution in [3.05, 3.63) is 77.8 Å². The highest BCUT2D eigenvalue weighted by Gasteiger charge is 2.33. The highest BCUT2D eigenvalue weighted by molar-refractivity contribution is 5.89. The van der Waals surface area contributed by atoms with Gasteiger partial charge in [0.1, 0.15) is 18.2 Å². The van der Waals surface area contributed by atoms with Crippen molar-refractivity contribution in [1.82, 2.24) is 20.2 Å². The third kappa shape index (κ3) is 2.73. The van der Waals surface area contributed by atoms with E-state index in [1.54, 1.807) is 6.33 Å². The number of nitrogens with zero attached hydrogens (tertiary/aromatic N) is 5. The van der Waals surface area contributed by atoms with E-state index in [0.29, 0.717) is 11.8 Å². The van der Waals surface area contributed by atoms with Crippen LogP contribution in [0.5, 0.6) is 0 Å². The largest absolute Gasteiger partial charge is 0.423 e. The Morgan fingerprint density at radius 2 is 1.81 bits per heavy atom. The van der Waals surface area contributed by atoms with Gasteiger partial charge >= 0.3 is 0 Å². The van der Waals surface area contributed by atoms with Crippen molar-refractivity contribution < 1.29 is 4.42 Å². The van der Waals surface area contributed by atoms with E-state index in [4.69, 9.17) is 4.42 Å². The maximum atomic E-state index is 5.94. The summed E-state index contributed by atoms with van der Waals surface area (Å²) >= 11 is 0. The fraction of sp³-hybridized carbons (Fsp3) is 0.238. The van der Waals surface area contributed by atoms with Crippen LogP contribution in [0.3, 0.4) is 0 Å². The average molecular weight is 357 g/mol. The maximum Gasteiger partial charge on any atom is 0.239 e. The Kier molecular flexibility index (Phi) is 3.81. The zero-order valence-electron chi connectivity index (χ0n) is 15.0. The van der Waals surface area contributed by atoms with E-state index >= 15 is 0 Å². The Morgan fingerprint density at radius 1 is 1.00 bits per heavy atom. The highest BCUT2D eigenvalue weighted by Crippen LogP contribution is 2.37. The lowest BCUT2D eigenvalue weighted by atomic mass is 9.93. The van der Waals surface area contributed by atoms with Crippen molar-refractivity contribution in [2.45, 2.75) is 32.4 Å². The van der Waals surface area contributed by atoms with Gasteiger partial charge in [0, 0.05) is 24.8 Å². The van der Waals surface area contributed by atoms with Gasteiger partial charge in [0.15, 0.2) is 0 Å². The number of aromatic nitrogens is 4. The summed E-state index contributed by atoms with van der Waals surface area (Å²) < 4.78 is 5.94. The van der Waals surface area contributed by atoms with Gasteiger partial charge in [-0.3, -0.25) is 0 Å². The molecule has 0 saturated carbocycles. The summed E-state index contributed by atoms with van der Waals surface area (Å²) in [6.07, 6.45) is 3.16. The third-order valence-electron chi connectivity index (χ3n) is 5.11. The van der Waals surface area contributed by atoms with E-state index in [1.165, 1.54) is 11.1 Å². The maximum absolute atomic E-state index is 5.94. The van der Waals surface area contributed by atoms with Gasteiger partial charge in [0.05, 0.1) is 5.52 Å². The Hall–Kier alpha value is -3.28. The lowest BCUT2D eigenvalue weighted by molar-refractivity contribution is 0.396. The second-order valence-electron chi connectivity index (χ2n) is 6.72. The van der Waals surface area contributed by atoms with Crippen LogP contribution in [0.1, 0.15) is 35.9 Å². The molecule has 2 aromatic carbocycles. The molecule has 6 nitrogen and oxygen atoms in total. The van der Waals surface area contributed by atoms with Crippen LogP contribution in [-0.4, -0.2) is 20.2 Å². The molecule has 1 aliphatic rings. The summed E-state index contributed by atoms with van der Waals surface area (Å²) in [5.74, 6) is 2.21. The number of para-hydroxylation sites is 1. The minimum Gasteiger partial charge on any atom is -0.423 e. The van der Waals surface area contributed by atoms with Crippen LogP contribution >= 0.6 is 0 Å². The molecule has 1 unspecified atom stereocenters. The van der Waals surface area contributed by atoms with E-state index in [9.17, 15) is 0 Å². The zero-order valence-corrected chi connectivity index (χ0v) is 15.0. The fourth-order valence-electron chi connectivity index (χ4n) is 3.73. The first-order chi connectivity index (χ1) is 13.3. The minimum absolute atomic E-state index is 0.0500. The SMILES string of the molecule is CCc1nnc(C2Cc3ccccc3CN2c2ncnc3ccccc23)o1. The molecule has 0 bridgehead atoms. The van der Waals surface area contributed by atoms with Crippen molar-refractivity contribution >= 4 is 16.7 Å². The topological polar surface area (TPSA) is 67.9 Å². The molecule has 6 heteroatoms. The summed E-state index contributed by atoms with van der Waals surface area (Å²) in [4.78, 5) is 11.3. The molecule has 3 heterocycles. The molecule has 0 spiro atoms. The number of fused-ring (bicyclic) bond motifs is 2. The first kappa shape index (κ1) is 15.9. The van der Waals surface area contributed by atoms with Crippen molar-refractivity contribution in [2.75, 3.05) is 4.90 Å². The van der Waals surface area contributed by atoms with Crippen molar-refractivity contribution in [3.63, 3.8) is 0 Å². The van der Waals surface area contributed by atoms with Gasteiger partial charge in [0.25, 0.3) is 0 Å². The molecule has 1 aliphatic heterocycles. The Balaban J connectivity index is 1.66. The smallest absolute Gasteiger partial charge is 0.239 e. The van der Waals surface area contributed by atoms with Gasteiger partial charge in [0.2, 0.25) is 11.8 Å². The molecule has 0 fully saturated rings. The predicted octanol–water partition coefficient (Wildman–Crippen LogP) is 3.88. The number of hydrogen-bond donors (Lipinski definition) is 0. The molecule has 5 rings (SSSR count). The monoisotopic (exact) mass is 357 g/mol. The summed E-state index contributed by atoms with van der Waals surface area (Å²) in [6, 6.07) is 16.5. The lowest BCUT2D eigenvalue weighted by Gasteiger charge is -2.36. The van der Waals surface area contributed by atoms with Crippen LogP contribution in [0.15, 0.2) is 59.3 Å². The van der Waals surface area contributed by atoms with E-state index in [0.717, 1.165) is 36.1 Å². The number of anilines is 1. The van der Waals surface area contributed by atoms with Crippen LogP contribution in [0.25, 0.3) is 10.9 Å². The Bertz CT molecular complexity index is 1100. The van der Waals surface area contributed by atoms with Gasteiger partial charge in [-0.15, -0.1) is 10.2 Å². The molecule has 0 N–H and O–H groups in total. The number of aryl methyl sites for hydroxylation is 1. The Morgan fingerprint density at radius 3 is 2.67 bits per heavy atom. The molecule has 4 aromatic rings. The molecular formula is C21H19N5O. The van der Waals surface area contributed by atoms with E-state index < -0.39 is 0 Å². The highest BCUT2D eigenvalue weighted by atomic mass is 16.4. The van der Waals surface area contributed by atoms with E-state index in [-0.39, 0.29) is 6.04 Å². The second-order valence-corrected chi connectivity index (χ2v) is 6.72. The quantitative estimate of drug-likeness (QED) is 0.554. The number of benzene rings is 2. The van der Waals surface area contributed by atoms with E-state index in [1.807, 2.05) is 25.1 Å². The fourth-order valence-corrected chi connectivity index (χ4v) is 3.73. The molecule has 134 valence electrons. The van der Waals surface area contributed by atoms with Crippen LogP contribution in [0.4, 0.5) is 5.82 Å². The minimum atomic E-state index is -0.0500. The molecule has 0 amide bonds. The van der Waals surface area contributed by atoms with Gasteiger partial charge < -0.3 is 9.32 Å². The van der Waals surface area contributed by atoms with Crippen molar-refractivity contribution in [1.29, 1.82) is 0 Å². The molecule has 0 radical (unpaired) electrons. The molecule has 1 atom stereocenters. The molecule has 27 heavy (non-hydrogen) atoms. The molecule has 2 aromatic heterocycles. The average Bonchev–Trinajstić information content (AvgIpc) is 3.21. The van der Waals surface area contributed by atoms with Crippen LogP contribution < -0.4 is 4.90 Å². The third-order valence-corrected chi connectivity index (χ3v) is 5.11. The number of rotatable bonds is 3. The summed E-state index contributed by atoms with van der Waals surface area (Å²) in [6.45, 7) is 2.76. The van der Waals surface area contributed by atoms with Gasteiger partial charge in [-0.2, -0.15) is 0 Å². The summed E-state index contributed by atoms with van der Waals surface area (Å²) in [7, 11) is 0. The zero-order chi connectivity index (χ0) is 18.2. The van der Waals surface area contributed by atoms with Gasteiger partial charge in [-0.25, -0.2) is 9.97 Å². The first-order valence-electron chi connectivity index (χ1n) is 9.19. The standard InChI is InChI=1S/C21H19N5O/c1-2-19-24-25-21(27-19)18-11-14-7-3-4-8-15(14)12-26(18)20-16-9-5-6-10-17(16)22-13-23-20/h3-10,13,18H,2,11-12H2,1H3. The molecule has 0 aliphatic carbocycles. The van der Waals surface area contributed by atoms with Gasteiger partial charge in [-0.05, 0) is 23.3 Å². The van der Waals surface area contributed by atoms with Crippen LogP contribution in [0, 0.1) is 0 Å². The van der Waals surface area contributed by atoms with Crippen molar-refractivity contribution in [3.8, 4) is 0 Å². The van der Waals surface area contributed by atoms with E-state index in [2.05, 4.69) is 55.4 Å². The Labute approximate surface area is 156 Å². The normalized spacial score (nSPS) is 16.5. The van der Waals surface area contributed by atoms with Crippen LogP contribution in [0.2, 0.25) is 0 Å². The lowest BCUT2D eigenvalue weighted by Crippen LogP contribution is -2.35. The summed E-state index contributed by atoms with van der Waals surface area (Å²) in [5.41, 5.74) is 3.54. The molecular weight excluding hydrogens is 338 g/mol. The first-order valence-corrected chi connectivity index (χ1v) is 9.19. The van der Waals surface area contributed by atoms with Crippen LogP contribution in [-0.2, 0) is 19.4 Å².